The molecule has 6 N–H and O–H groups in total. The molecule has 4 rings (SSSR count). The number of carbonyl (C=O) groups is 1. The van der Waals surface area contributed by atoms with Gasteiger partial charge in [0.05, 0.1) is 11.5 Å². The minimum atomic E-state index is -4.45. The van der Waals surface area contributed by atoms with E-state index in [0.717, 1.165) is 57.1 Å². The summed E-state index contributed by atoms with van der Waals surface area (Å²) in [5, 5.41) is 18.3. The summed E-state index contributed by atoms with van der Waals surface area (Å²) in [7, 11) is 1.76. The number of amides is 1. The molecule has 0 bridgehead atoms. The SMILES string of the molecule is COC1CNCC(C2CCNC(NC3CC(NC(=O)C4SC(C)NC4C(F)(F)F)CCC3C)N2)C1. The van der Waals surface area contributed by atoms with Gasteiger partial charge < -0.3 is 15.4 Å². The highest BCUT2D eigenvalue weighted by molar-refractivity contribution is 8.01. The molecule has 202 valence electrons. The Morgan fingerprint density at radius 3 is 2.63 bits per heavy atom. The van der Waals surface area contributed by atoms with Crippen molar-refractivity contribution in [1.29, 1.82) is 0 Å². The van der Waals surface area contributed by atoms with E-state index in [0.29, 0.717) is 24.3 Å². The quantitative estimate of drug-likeness (QED) is 0.309. The van der Waals surface area contributed by atoms with E-state index in [9.17, 15) is 18.0 Å². The van der Waals surface area contributed by atoms with E-state index in [1.54, 1.807) is 14.0 Å². The molecule has 1 aliphatic carbocycles. The molecule has 3 heterocycles. The highest BCUT2D eigenvalue weighted by Gasteiger charge is 2.52. The number of methoxy groups -OCH3 is 1. The Balaban J connectivity index is 1.30. The van der Waals surface area contributed by atoms with E-state index >= 15 is 0 Å². The lowest BCUT2D eigenvalue weighted by Crippen LogP contribution is -2.66. The molecule has 0 spiro atoms. The minimum Gasteiger partial charge on any atom is -0.380 e. The number of thioether (sulfide) groups is 1. The molecule has 8 nitrogen and oxygen atoms in total. The summed E-state index contributed by atoms with van der Waals surface area (Å²) in [6.07, 6.45) is 0.232. The van der Waals surface area contributed by atoms with E-state index in [1.807, 2.05) is 0 Å². The zero-order valence-electron chi connectivity index (χ0n) is 20.8. The Kier molecular flexibility index (Phi) is 9.26. The second kappa shape index (κ2) is 11.8. The lowest BCUT2D eigenvalue weighted by molar-refractivity contribution is -0.158. The van der Waals surface area contributed by atoms with Crippen LogP contribution < -0.4 is 31.9 Å². The average molecular weight is 523 g/mol. The molecule has 4 fully saturated rings. The van der Waals surface area contributed by atoms with Crippen LogP contribution >= 0.6 is 11.8 Å². The predicted molar refractivity (Wildman–Crippen MR) is 131 cm³/mol. The van der Waals surface area contributed by atoms with Crippen molar-refractivity contribution < 1.29 is 22.7 Å². The van der Waals surface area contributed by atoms with Gasteiger partial charge in [-0.3, -0.25) is 26.1 Å². The second-order valence-corrected chi connectivity index (χ2v) is 12.1. The fourth-order valence-electron chi connectivity index (χ4n) is 5.98. The molecule has 10 unspecified atom stereocenters. The Morgan fingerprint density at radius 2 is 1.89 bits per heavy atom. The first kappa shape index (κ1) is 27.4. The van der Waals surface area contributed by atoms with Gasteiger partial charge in [0, 0.05) is 31.8 Å². The lowest BCUT2D eigenvalue weighted by Gasteiger charge is -2.43. The van der Waals surface area contributed by atoms with Crippen LogP contribution in [-0.2, 0) is 9.53 Å². The third-order valence-electron chi connectivity index (χ3n) is 8.03. The zero-order chi connectivity index (χ0) is 25.2. The standard InChI is InChI=1S/C23H41F3N6O2S/c1-12-4-5-15(30-21(33)19-20(23(24,25)26)29-13(2)35-19)9-18(12)32-22-28-7-6-17(31-22)14-8-16(34-3)11-27-10-14/h12-20,22,27-29,31-32H,4-11H2,1-3H3,(H,30,33). The van der Waals surface area contributed by atoms with E-state index < -0.39 is 28.7 Å². The lowest BCUT2D eigenvalue weighted by atomic mass is 9.82. The van der Waals surface area contributed by atoms with Crippen molar-refractivity contribution >= 4 is 17.7 Å². The van der Waals surface area contributed by atoms with Gasteiger partial charge in [-0.05, 0) is 64.0 Å². The number of hydrogen-bond donors (Lipinski definition) is 6. The molecule has 10 atom stereocenters. The molecule has 3 saturated heterocycles. The normalized spacial score (nSPS) is 43.1. The molecular formula is C23H41F3N6O2S. The van der Waals surface area contributed by atoms with Crippen LogP contribution in [-0.4, -0.2) is 86.0 Å². The van der Waals surface area contributed by atoms with E-state index in [2.05, 4.69) is 38.8 Å². The van der Waals surface area contributed by atoms with Crippen molar-refractivity contribution in [3.05, 3.63) is 0 Å². The van der Waals surface area contributed by atoms with Gasteiger partial charge in [0.15, 0.2) is 0 Å². The predicted octanol–water partition coefficient (Wildman–Crippen LogP) is 1.09. The highest BCUT2D eigenvalue weighted by atomic mass is 32.2. The molecule has 35 heavy (non-hydrogen) atoms. The molecule has 0 aromatic heterocycles. The van der Waals surface area contributed by atoms with E-state index in [1.165, 1.54) is 0 Å². The average Bonchev–Trinajstić information content (AvgIpc) is 3.24. The van der Waals surface area contributed by atoms with Crippen molar-refractivity contribution in [2.75, 3.05) is 26.7 Å². The van der Waals surface area contributed by atoms with Gasteiger partial charge in [0.1, 0.15) is 17.6 Å². The van der Waals surface area contributed by atoms with Crippen LogP contribution in [0.15, 0.2) is 0 Å². The number of rotatable bonds is 6. The topological polar surface area (TPSA) is 98.5 Å². The van der Waals surface area contributed by atoms with Crippen molar-refractivity contribution in [2.24, 2.45) is 11.8 Å². The molecule has 0 radical (unpaired) electrons. The van der Waals surface area contributed by atoms with Crippen LogP contribution in [0, 0.1) is 11.8 Å². The summed E-state index contributed by atoms with van der Waals surface area (Å²) in [5.74, 6) is 0.392. The molecular weight excluding hydrogens is 481 g/mol. The third-order valence-corrected chi connectivity index (χ3v) is 9.36. The van der Waals surface area contributed by atoms with Crippen LogP contribution in [0.25, 0.3) is 0 Å². The summed E-state index contributed by atoms with van der Waals surface area (Å²) < 4.78 is 45.8. The number of hydrogen-bond acceptors (Lipinski definition) is 8. The number of ether oxygens (including phenoxy) is 1. The van der Waals surface area contributed by atoms with Gasteiger partial charge in [-0.25, -0.2) is 0 Å². The fourth-order valence-corrected chi connectivity index (χ4v) is 7.23. The van der Waals surface area contributed by atoms with Crippen LogP contribution in [0.3, 0.4) is 0 Å². The van der Waals surface area contributed by atoms with Gasteiger partial charge >= 0.3 is 6.18 Å². The maximum absolute atomic E-state index is 13.4. The molecule has 0 aromatic rings. The molecule has 1 amide bonds. The Morgan fingerprint density at radius 1 is 1.09 bits per heavy atom. The molecule has 4 aliphatic rings. The van der Waals surface area contributed by atoms with Gasteiger partial charge in [-0.15, -0.1) is 11.8 Å². The van der Waals surface area contributed by atoms with Crippen LogP contribution in [0.1, 0.15) is 46.0 Å². The number of nitrogens with one attached hydrogen (secondary N) is 6. The van der Waals surface area contributed by atoms with Crippen molar-refractivity contribution in [1.82, 2.24) is 31.9 Å². The summed E-state index contributed by atoms with van der Waals surface area (Å²) in [6.45, 7) is 6.64. The molecule has 0 aromatic carbocycles. The van der Waals surface area contributed by atoms with Crippen LogP contribution in [0.4, 0.5) is 13.2 Å². The summed E-state index contributed by atoms with van der Waals surface area (Å²) in [6, 6.07) is -1.41. The number of piperidine rings is 1. The van der Waals surface area contributed by atoms with Crippen LogP contribution in [0.2, 0.25) is 0 Å². The summed E-state index contributed by atoms with van der Waals surface area (Å²) in [4.78, 5) is 12.8. The van der Waals surface area contributed by atoms with Crippen LogP contribution in [0.5, 0.6) is 0 Å². The van der Waals surface area contributed by atoms with Crippen molar-refractivity contribution in [2.45, 2.75) is 99.3 Å². The van der Waals surface area contributed by atoms with Crippen molar-refractivity contribution in [3.63, 3.8) is 0 Å². The Labute approximate surface area is 210 Å². The number of halogens is 3. The number of alkyl halides is 3. The smallest absolute Gasteiger partial charge is 0.380 e. The maximum Gasteiger partial charge on any atom is 0.405 e. The first-order valence-electron chi connectivity index (χ1n) is 12.9. The van der Waals surface area contributed by atoms with Gasteiger partial charge in [0.25, 0.3) is 0 Å². The first-order chi connectivity index (χ1) is 16.6. The Bertz CT molecular complexity index is 719. The largest absolute Gasteiger partial charge is 0.405 e. The van der Waals surface area contributed by atoms with E-state index in [4.69, 9.17) is 4.74 Å². The van der Waals surface area contributed by atoms with Gasteiger partial charge in [-0.2, -0.15) is 13.2 Å². The molecule has 1 saturated carbocycles. The van der Waals surface area contributed by atoms with Gasteiger partial charge in [0.2, 0.25) is 5.91 Å². The zero-order valence-corrected chi connectivity index (χ0v) is 21.6. The maximum atomic E-state index is 13.4. The monoisotopic (exact) mass is 522 g/mol. The minimum absolute atomic E-state index is 0.0383. The summed E-state index contributed by atoms with van der Waals surface area (Å²) in [5.41, 5.74) is 0. The summed E-state index contributed by atoms with van der Waals surface area (Å²) >= 11 is 1.05. The van der Waals surface area contributed by atoms with Crippen molar-refractivity contribution in [3.8, 4) is 0 Å². The first-order valence-corrected chi connectivity index (χ1v) is 13.9. The van der Waals surface area contributed by atoms with Gasteiger partial charge in [-0.1, -0.05) is 6.92 Å². The second-order valence-electron chi connectivity index (χ2n) is 10.6. The third kappa shape index (κ3) is 7.03. The Hall–Kier alpha value is -0.630. The van der Waals surface area contributed by atoms with E-state index in [-0.39, 0.29) is 24.5 Å². The fraction of sp³-hybridized carbons (Fsp3) is 0.957. The highest BCUT2D eigenvalue weighted by Crippen LogP contribution is 2.37. The molecule has 12 heteroatoms. The molecule has 3 aliphatic heterocycles. The number of carbonyl (C=O) groups excluding carboxylic acids is 1.